The Labute approximate surface area is 154 Å². The highest BCUT2D eigenvalue weighted by Crippen LogP contribution is 2.23. The molecule has 10 heteroatoms. The van der Waals surface area contributed by atoms with Gasteiger partial charge in [-0.1, -0.05) is 15.9 Å². The molecule has 0 bridgehead atoms. The van der Waals surface area contributed by atoms with Crippen LogP contribution in [-0.4, -0.2) is 39.2 Å². The van der Waals surface area contributed by atoms with Crippen LogP contribution < -0.4 is 5.32 Å². The molecule has 0 aliphatic carbocycles. The van der Waals surface area contributed by atoms with Crippen molar-refractivity contribution in [1.29, 1.82) is 0 Å². The average Bonchev–Trinajstić information content (AvgIpc) is 3.24. The molecular formula is C15H12BrN5O3S. The molecule has 0 spiro atoms. The highest BCUT2D eigenvalue weighted by Gasteiger charge is 2.16. The van der Waals surface area contributed by atoms with E-state index < -0.39 is 5.97 Å². The molecule has 0 fully saturated rings. The van der Waals surface area contributed by atoms with Crippen molar-refractivity contribution in [1.82, 2.24) is 20.2 Å². The molecule has 8 nitrogen and oxygen atoms in total. The molecule has 3 rings (SSSR count). The number of tetrazole rings is 1. The molecule has 0 saturated carbocycles. The van der Waals surface area contributed by atoms with E-state index in [2.05, 4.69) is 41.4 Å². The van der Waals surface area contributed by atoms with Gasteiger partial charge in [0.2, 0.25) is 11.7 Å². The van der Waals surface area contributed by atoms with Gasteiger partial charge in [-0.15, -0.1) is 21.5 Å². The van der Waals surface area contributed by atoms with Gasteiger partial charge in [0.1, 0.15) is 11.4 Å². The third kappa shape index (κ3) is 4.09. The smallest absolute Gasteiger partial charge is 0.350 e. The van der Waals surface area contributed by atoms with Crippen LogP contribution >= 0.6 is 27.3 Å². The lowest BCUT2D eigenvalue weighted by atomic mass is 10.2. The molecule has 2 aromatic heterocycles. The lowest BCUT2D eigenvalue weighted by molar-refractivity contribution is -0.117. The number of nitrogens with one attached hydrogen (secondary N) is 1. The molecule has 128 valence electrons. The first-order chi connectivity index (χ1) is 12.1. The number of esters is 1. The van der Waals surface area contributed by atoms with E-state index in [1.807, 2.05) is 24.3 Å². The second-order valence-corrected chi connectivity index (χ2v) is 6.69. The van der Waals surface area contributed by atoms with Crippen LogP contribution in [0.15, 0.2) is 40.2 Å². The monoisotopic (exact) mass is 421 g/mol. The summed E-state index contributed by atoms with van der Waals surface area (Å²) in [6.45, 7) is -0.125. The van der Waals surface area contributed by atoms with Crippen LogP contribution in [0.3, 0.4) is 0 Å². The van der Waals surface area contributed by atoms with Crippen LogP contribution in [0.5, 0.6) is 0 Å². The van der Waals surface area contributed by atoms with Gasteiger partial charge in [0.25, 0.3) is 0 Å². The third-order valence-electron chi connectivity index (χ3n) is 3.15. The van der Waals surface area contributed by atoms with Crippen LogP contribution in [0.4, 0.5) is 5.69 Å². The van der Waals surface area contributed by atoms with Crippen LogP contribution in [0, 0.1) is 0 Å². The molecule has 1 aromatic carbocycles. The topological polar surface area (TPSA) is 99.0 Å². The zero-order valence-corrected chi connectivity index (χ0v) is 15.4. The summed E-state index contributed by atoms with van der Waals surface area (Å²) in [7, 11) is 1.29. The van der Waals surface area contributed by atoms with Crippen molar-refractivity contribution in [3.8, 4) is 11.4 Å². The zero-order chi connectivity index (χ0) is 17.8. The lowest BCUT2D eigenvalue weighted by Crippen LogP contribution is -2.21. The van der Waals surface area contributed by atoms with E-state index in [9.17, 15) is 9.59 Å². The van der Waals surface area contributed by atoms with Crippen LogP contribution in [0.1, 0.15) is 9.67 Å². The Hall–Kier alpha value is -2.59. The largest absolute Gasteiger partial charge is 0.465 e. The fraction of sp³-hybridized carbons (Fsp3) is 0.133. The highest BCUT2D eigenvalue weighted by atomic mass is 79.9. The van der Waals surface area contributed by atoms with Gasteiger partial charge in [-0.3, -0.25) is 4.79 Å². The number of aromatic nitrogens is 4. The van der Waals surface area contributed by atoms with Crippen LogP contribution in [-0.2, 0) is 16.1 Å². The molecule has 0 aliphatic rings. The summed E-state index contributed by atoms with van der Waals surface area (Å²) in [5.41, 5.74) is 1.19. The zero-order valence-electron chi connectivity index (χ0n) is 13.0. The maximum atomic E-state index is 12.1. The average molecular weight is 422 g/mol. The molecule has 2 heterocycles. The Bertz CT molecular complexity index is 906. The predicted octanol–water partition coefficient (Wildman–Crippen LogP) is 2.59. The molecule has 0 unspecified atom stereocenters. The summed E-state index contributed by atoms with van der Waals surface area (Å²) in [6.07, 6.45) is 0. The number of methoxy groups -OCH3 is 1. The van der Waals surface area contributed by atoms with E-state index in [4.69, 9.17) is 0 Å². The van der Waals surface area contributed by atoms with Crippen molar-refractivity contribution in [2.24, 2.45) is 0 Å². The van der Waals surface area contributed by atoms with Gasteiger partial charge in [0.15, 0.2) is 0 Å². The van der Waals surface area contributed by atoms with Crippen molar-refractivity contribution < 1.29 is 14.3 Å². The Morgan fingerprint density at radius 1 is 1.28 bits per heavy atom. The number of ether oxygens (including phenoxy) is 1. The first-order valence-corrected chi connectivity index (χ1v) is 8.73. The second-order valence-electron chi connectivity index (χ2n) is 4.85. The summed E-state index contributed by atoms with van der Waals surface area (Å²) in [5, 5.41) is 16.3. The van der Waals surface area contributed by atoms with Gasteiger partial charge < -0.3 is 10.1 Å². The molecule has 3 aromatic rings. The van der Waals surface area contributed by atoms with Gasteiger partial charge in [0.05, 0.1) is 12.8 Å². The number of hydrogen-bond acceptors (Lipinski definition) is 7. The minimum atomic E-state index is -0.498. The molecule has 0 atom stereocenters. The molecule has 25 heavy (non-hydrogen) atoms. The second kappa shape index (κ2) is 7.53. The number of hydrogen-bond donors (Lipinski definition) is 1. The number of carbonyl (C=O) groups is 2. The van der Waals surface area contributed by atoms with Crippen molar-refractivity contribution in [3.63, 3.8) is 0 Å². The van der Waals surface area contributed by atoms with Crippen molar-refractivity contribution in [2.45, 2.75) is 6.54 Å². The van der Waals surface area contributed by atoms with Gasteiger partial charge in [-0.2, -0.15) is 4.80 Å². The van der Waals surface area contributed by atoms with Gasteiger partial charge in [-0.25, -0.2) is 4.79 Å². The number of benzene rings is 1. The Morgan fingerprint density at radius 2 is 2.04 bits per heavy atom. The summed E-state index contributed by atoms with van der Waals surface area (Å²) in [6, 6.07) is 9.07. The molecule has 1 N–H and O–H groups in total. The number of thiophene rings is 1. The minimum absolute atomic E-state index is 0.125. The fourth-order valence-electron chi connectivity index (χ4n) is 2.00. The molecule has 0 radical (unpaired) electrons. The number of nitrogens with zero attached hydrogens (tertiary/aromatic N) is 4. The summed E-state index contributed by atoms with van der Waals surface area (Å²) >= 11 is 4.55. The summed E-state index contributed by atoms with van der Waals surface area (Å²) in [4.78, 5) is 25.3. The molecular weight excluding hydrogens is 410 g/mol. The number of carbonyl (C=O) groups excluding carboxylic acids is 2. The van der Waals surface area contributed by atoms with Crippen molar-refractivity contribution in [3.05, 3.63) is 45.1 Å². The van der Waals surface area contributed by atoms with Gasteiger partial charge >= 0.3 is 5.97 Å². The van der Waals surface area contributed by atoms with Gasteiger partial charge in [0, 0.05) is 10.0 Å². The van der Waals surface area contributed by atoms with E-state index >= 15 is 0 Å². The first-order valence-electron chi connectivity index (χ1n) is 7.06. The SMILES string of the molecule is COC(=O)c1sccc1NC(=O)Cn1nnc(-c2ccc(Br)cc2)n1. The Balaban J connectivity index is 1.67. The molecule has 0 saturated heterocycles. The van der Waals surface area contributed by atoms with Crippen LogP contribution in [0.2, 0.25) is 0 Å². The number of rotatable bonds is 5. The summed E-state index contributed by atoms with van der Waals surface area (Å²) in [5.74, 6) is -0.448. The normalized spacial score (nSPS) is 10.5. The predicted molar refractivity (Wildman–Crippen MR) is 95.2 cm³/mol. The van der Waals surface area contributed by atoms with Crippen molar-refractivity contribution >= 4 is 44.8 Å². The van der Waals surface area contributed by atoms with E-state index in [1.54, 1.807) is 11.4 Å². The van der Waals surface area contributed by atoms with Crippen LogP contribution in [0.25, 0.3) is 11.4 Å². The van der Waals surface area contributed by atoms with Crippen molar-refractivity contribution in [2.75, 3.05) is 12.4 Å². The van der Waals surface area contributed by atoms with E-state index in [-0.39, 0.29) is 12.5 Å². The maximum absolute atomic E-state index is 12.1. The van der Waals surface area contributed by atoms with E-state index in [1.165, 1.54) is 23.2 Å². The number of anilines is 1. The van der Waals surface area contributed by atoms with E-state index in [0.29, 0.717) is 16.4 Å². The minimum Gasteiger partial charge on any atom is -0.465 e. The maximum Gasteiger partial charge on any atom is 0.350 e. The molecule has 0 aliphatic heterocycles. The summed E-state index contributed by atoms with van der Waals surface area (Å²) < 4.78 is 5.62. The number of halogens is 1. The third-order valence-corrected chi connectivity index (χ3v) is 4.57. The molecule has 1 amide bonds. The van der Waals surface area contributed by atoms with E-state index in [0.717, 1.165) is 10.0 Å². The van der Waals surface area contributed by atoms with Gasteiger partial charge in [-0.05, 0) is 40.9 Å². The Morgan fingerprint density at radius 3 is 2.76 bits per heavy atom. The fourth-order valence-corrected chi connectivity index (χ4v) is 3.03. The quantitative estimate of drug-likeness (QED) is 0.635. The highest BCUT2D eigenvalue weighted by molar-refractivity contribution is 9.10. The lowest BCUT2D eigenvalue weighted by Gasteiger charge is -2.04. The standard InChI is InChI=1S/C15H12BrN5O3S/c1-24-15(23)13-11(6-7-25-13)17-12(22)8-21-19-14(18-20-21)9-2-4-10(16)5-3-9/h2-7H,8H2,1H3,(H,17,22). The Kier molecular flexibility index (Phi) is 5.19. The number of amides is 1. The first kappa shape index (κ1) is 17.2.